The summed E-state index contributed by atoms with van der Waals surface area (Å²) < 4.78 is 13.7. The standard InChI is InChI=1S/C13H16BrFN2O/c1-7-3-8(2)17(6-7)13(18)9-4-12(16)11(15)5-10(9)14/h4-5,7-8H,3,6,16H2,1-2H3. The molecule has 0 aliphatic carbocycles. The molecule has 1 aliphatic heterocycles. The van der Waals surface area contributed by atoms with Crippen LogP contribution in [0.3, 0.4) is 0 Å². The van der Waals surface area contributed by atoms with Gasteiger partial charge < -0.3 is 10.6 Å². The van der Waals surface area contributed by atoms with Gasteiger partial charge in [0.2, 0.25) is 0 Å². The van der Waals surface area contributed by atoms with Gasteiger partial charge in [-0.05, 0) is 47.3 Å². The van der Waals surface area contributed by atoms with Crippen molar-refractivity contribution in [1.82, 2.24) is 4.90 Å². The minimum absolute atomic E-state index is 0.00134. The maximum absolute atomic E-state index is 13.3. The Hall–Kier alpha value is -1.10. The number of anilines is 1. The minimum Gasteiger partial charge on any atom is -0.396 e. The quantitative estimate of drug-likeness (QED) is 0.810. The van der Waals surface area contributed by atoms with Crippen molar-refractivity contribution in [2.24, 2.45) is 5.92 Å². The van der Waals surface area contributed by atoms with Gasteiger partial charge in [0, 0.05) is 17.1 Å². The van der Waals surface area contributed by atoms with E-state index in [0.29, 0.717) is 16.0 Å². The molecule has 1 heterocycles. The predicted molar refractivity (Wildman–Crippen MR) is 72.8 cm³/mol. The van der Waals surface area contributed by atoms with Crippen molar-refractivity contribution in [2.45, 2.75) is 26.3 Å². The van der Waals surface area contributed by atoms with Crippen LogP contribution in [0.2, 0.25) is 0 Å². The first kappa shape index (κ1) is 13.3. The summed E-state index contributed by atoms with van der Waals surface area (Å²) in [6.45, 7) is 4.89. The lowest BCUT2D eigenvalue weighted by molar-refractivity contribution is 0.0743. The molecule has 2 rings (SSSR count). The maximum Gasteiger partial charge on any atom is 0.255 e. The van der Waals surface area contributed by atoms with Gasteiger partial charge in [-0.1, -0.05) is 6.92 Å². The average Bonchev–Trinajstić information content (AvgIpc) is 2.62. The van der Waals surface area contributed by atoms with E-state index < -0.39 is 5.82 Å². The Balaban J connectivity index is 2.32. The first-order chi connectivity index (χ1) is 8.40. The van der Waals surface area contributed by atoms with Gasteiger partial charge in [0.05, 0.1) is 11.3 Å². The number of halogens is 2. The van der Waals surface area contributed by atoms with Gasteiger partial charge in [-0.15, -0.1) is 0 Å². The monoisotopic (exact) mass is 314 g/mol. The van der Waals surface area contributed by atoms with Crippen LogP contribution in [-0.4, -0.2) is 23.4 Å². The highest BCUT2D eigenvalue weighted by Gasteiger charge is 2.31. The van der Waals surface area contributed by atoms with Crippen LogP contribution in [0.4, 0.5) is 10.1 Å². The molecule has 0 spiro atoms. The summed E-state index contributed by atoms with van der Waals surface area (Å²) >= 11 is 3.22. The molecule has 0 bridgehead atoms. The molecule has 2 unspecified atom stereocenters. The smallest absolute Gasteiger partial charge is 0.255 e. The first-order valence-electron chi connectivity index (χ1n) is 5.95. The summed E-state index contributed by atoms with van der Waals surface area (Å²) in [6.07, 6.45) is 1.00. The number of likely N-dealkylation sites (tertiary alicyclic amines) is 1. The summed E-state index contributed by atoms with van der Waals surface area (Å²) in [4.78, 5) is 14.2. The molecule has 3 nitrogen and oxygen atoms in total. The van der Waals surface area contributed by atoms with Gasteiger partial charge in [0.15, 0.2) is 0 Å². The zero-order valence-corrected chi connectivity index (χ0v) is 12.0. The molecular formula is C13H16BrFN2O. The lowest BCUT2D eigenvalue weighted by Crippen LogP contribution is -2.34. The number of carbonyl (C=O) groups is 1. The van der Waals surface area contributed by atoms with Crippen molar-refractivity contribution in [1.29, 1.82) is 0 Å². The van der Waals surface area contributed by atoms with Crippen molar-refractivity contribution in [3.05, 3.63) is 28.0 Å². The Labute approximate surface area is 114 Å². The molecule has 1 aromatic rings. The van der Waals surface area contributed by atoms with E-state index in [4.69, 9.17) is 5.73 Å². The highest BCUT2D eigenvalue weighted by atomic mass is 79.9. The van der Waals surface area contributed by atoms with E-state index in [1.165, 1.54) is 12.1 Å². The minimum atomic E-state index is -0.513. The van der Waals surface area contributed by atoms with Gasteiger partial charge in [0.25, 0.3) is 5.91 Å². The number of benzene rings is 1. The highest BCUT2D eigenvalue weighted by Crippen LogP contribution is 2.28. The molecule has 1 amide bonds. The van der Waals surface area contributed by atoms with E-state index in [0.717, 1.165) is 13.0 Å². The first-order valence-corrected chi connectivity index (χ1v) is 6.75. The van der Waals surface area contributed by atoms with Crippen LogP contribution >= 0.6 is 15.9 Å². The van der Waals surface area contributed by atoms with Gasteiger partial charge in [0.1, 0.15) is 5.82 Å². The third-order valence-corrected chi connectivity index (χ3v) is 4.02. The molecule has 5 heteroatoms. The van der Waals surface area contributed by atoms with E-state index in [9.17, 15) is 9.18 Å². The van der Waals surface area contributed by atoms with Gasteiger partial charge in [-0.3, -0.25) is 4.79 Å². The van der Waals surface area contributed by atoms with E-state index in [2.05, 4.69) is 22.9 Å². The molecule has 0 radical (unpaired) electrons. The lowest BCUT2D eigenvalue weighted by Gasteiger charge is -2.22. The van der Waals surface area contributed by atoms with Crippen molar-refractivity contribution >= 4 is 27.5 Å². The molecule has 1 aliphatic rings. The van der Waals surface area contributed by atoms with Crippen molar-refractivity contribution in [3.63, 3.8) is 0 Å². The normalized spacial score (nSPS) is 23.4. The molecular weight excluding hydrogens is 299 g/mol. The van der Waals surface area contributed by atoms with Crippen molar-refractivity contribution < 1.29 is 9.18 Å². The topological polar surface area (TPSA) is 46.3 Å². The number of nitrogens with two attached hydrogens (primary N) is 1. The Morgan fingerprint density at radius 1 is 1.50 bits per heavy atom. The zero-order chi connectivity index (χ0) is 13.4. The second-order valence-electron chi connectivity index (χ2n) is 5.00. The average molecular weight is 315 g/mol. The van der Waals surface area contributed by atoms with Crippen LogP contribution in [0.1, 0.15) is 30.6 Å². The van der Waals surface area contributed by atoms with E-state index in [-0.39, 0.29) is 17.6 Å². The third-order valence-electron chi connectivity index (χ3n) is 3.36. The Bertz CT molecular complexity index is 492. The van der Waals surface area contributed by atoms with Gasteiger partial charge in [-0.2, -0.15) is 0 Å². The molecule has 0 saturated carbocycles. The van der Waals surface area contributed by atoms with Gasteiger partial charge in [-0.25, -0.2) is 4.39 Å². The van der Waals surface area contributed by atoms with Crippen LogP contribution in [0, 0.1) is 11.7 Å². The largest absolute Gasteiger partial charge is 0.396 e. The number of amides is 1. The predicted octanol–water partition coefficient (Wildman–Crippen LogP) is 3.04. The van der Waals surface area contributed by atoms with Crippen molar-refractivity contribution in [3.8, 4) is 0 Å². The fourth-order valence-corrected chi connectivity index (χ4v) is 2.95. The highest BCUT2D eigenvalue weighted by molar-refractivity contribution is 9.10. The summed E-state index contributed by atoms with van der Waals surface area (Å²) in [6, 6.07) is 2.86. The number of hydrogen-bond donors (Lipinski definition) is 1. The second-order valence-corrected chi connectivity index (χ2v) is 5.86. The molecule has 98 valence electrons. The SMILES string of the molecule is CC1CC(C)N(C(=O)c2cc(N)c(F)cc2Br)C1. The van der Waals surface area contributed by atoms with Crippen LogP contribution in [0.15, 0.2) is 16.6 Å². The zero-order valence-electron chi connectivity index (χ0n) is 10.4. The number of carbonyl (C=O) groups excluding carboxylic acids is 1. The summed E-state index contributed by atoms with van der Waals surface area (Å²) in [7, 11) is 0. The third kappa shape index (κ3) is 2.36. The molecule has 1 saturated heterocycles. The van der Waals surface area contributed by atoms with E-state index in [1.807, 2.05) is 11.8 Å². The molecule has 0 aromatic heterocycles. The van der Waals surface area contributed by atoms with Gasteiger partial charge >= 0.3 is 0 Å². The second kappa shape index (κ2) is 4.88. The van der Waals surface area contributed by atoms with E-state index >= 15 is 0 Å². The Morgan fingerprint density at radius 2 is 2.17 bits per heavy atom. The lowest BCUT2D eigenvalue weighted by atomic mass is 10.1. The summed E-state index contributed by atoms with van der Waals surface area (Å²) in [5.41, 5.74) is 5.95. The molecule has 1 fully saturated rings. The van der Waals surface area contributed by atoms with Crippen LogP contribution in [0.5, 0.6) is 0 Å². The van der Waals surface area contributed by atoms with E-state index in [1.54, 1.807) is 0 Å². The Morgan fingerprint density at radius 3 is 2.72 bits per heavy atom. The Kier molecular flexibility index (Phi) is 3.61. The van der Waals surface area contributed by atoms with Crippen LogP contribution in [-0.2, 0) is 0 Å². The molecule has 1 aromatic carbocycles. The summed E-state index contributed by atoms with van der Waals surface area (Å²) in [5, 5.41) is 0. The number of nitrogen functional groups attached to an aromatic ring is 1. The van der Waals surface area contributed by atoms with Crippen molar-refractivity contribution in [2.75, 3.05) is 12.3 Å². The van der Waals surface area contributed by atoms with Crippen LogP contribution in [0.25, 0.3) is 0 Å². The fraction of sp³-hybridized carbons (Fsp3) is 0.462. The maximum atomic E-state index is 13.3. The molecule has 2 atom stereocenters. The fourth-order valence-electron chi connectivity index (χ4n) is 2.47. The number of rotatable bonds is 1. The number of nitrogens with zero attached hydrogens (tertiary/aromatic N) is 1. The number of hydrogen-bond acceptors (Lipinski definition) is 2. The molecule has 2 N–H and O–H groups in total. The van der Waals surface area contributed by atoms with Crippen LogP contribution < -0.4 is 5.73 Å². The molecule has 18 heavy (non-hydrogen) atoms. The summed E-state index contributed by atoms with van der Waals surface area (Å²) in [5.74, 6) is -0.104.